The first kappa shape index (κ1) is 18.0. The van der Waals surface area contributed by atoms with Crippen LogP contribution in [0.25, 0.3) is 11.3 Å². The predicted molar refractivity (Wildman–Crippen MR) is 107 cm³/mol. The summed E-state index contributed by atoms with van der Waals surface area (Å²) in [6, 6.07) is 17.0. The molecule has 0 saturated heterocycles. The summed E-state index contributed by atoms with van der Waals surface area (Å²) in [5.41, 5.74) is 9.56. The number of fused-ring (bicyclic) bond motifs is 1. The van der Waals surface area contributed by atoms with Crippen molar-refractivity contribution >= 4 is 17.3 Å². The maximum Gasteiger partial charge on any atom is 0.205 e. The van der Waals surface area contributed by atoms with Gasteiger partial charge in [0.15, 0.2) is 5.76 Å². The van der Waals surface area contributed by atoms with Gasteiger partial charge in [-0.3, -0.25) is 0 Å². The number of benzene rings is 2. The van der Waals surface area contributed by atoms with E-state index in [1.165, 1.54) is 0 Å². The zero-order valence-electron chi connectivity index (χ0n) is 15.3. The Hall–Kier alpha value is -3.43. The maximum atomic E-state index is 9.67. The number of ether oxygens (including phenoxy) is 1. The van der Waals surface area contributed by atoms with Crippen molar-refractivity contribution in [1.29, 1.82) is 5.26 Å². The molecule has 1 aromatic heterocycles. The van der Waals surface area contributed by atoms with Crippen molar-refractivity contribution in [2.45, 2.75) is 5.92 Å². The summed E-state index contributed by atoms with van der Waals surface area (Å²) < 4.78 is 11.3. The minimum atomic E-state index is -0.463. The van der Waals surface area contributed by atoms with Crippen LogP contribution in [-0.4, -0.2) is 19.3 Å². The van der Waals surface area contributed by atoms with Crippen LogP contribution >= 0.6 is 11.6 Å². The summed E-state index contributed by atoms with van der Waals surface area (Å²) >= 11 is 5.95. The predicted octanol–water partition coefficient (Wildman–Crippen LogP) is 4.28. The van der Waals surface area contributed by atoms with Gasteiger partial charge in [-0.2, -0.15) is 5.26 Å². The molecule has 140 valence electrons. The lowest BCUT2D eigenvalue weighted by Gasteiger charge is -2.26. The molecular weight excluding hydrogens is 376 g/mol. The molecule has 4 rings (SSSR count). The third kappa shape index (κ3) is 3.06. The van der Waals surface area contributed by atoms with Gasteiger partial charge in [-0.15, -0.1) is 0 Å². The van der Waals surface area contributed by atoms with Crippen molar-refractivity contribution in [3.8, 4) is 23.1 Å². The molecule has 2 aromatic carbocycles. The van der Waals surface area contributed by atoms with E-state index in [0.717, 1.165) is 16.8 Å². The molecule has 28 heavy (non-hydrogen) atoms. The molecule has 0 amide bonds. The van der Waals surface area contributed by atoms with Crippen LogP contribution in [0.5, 0.6) is 5.75 Å². The number of allylic oxidation sites excluding steroid dienone is 1. The van der Waals surface area contributed by atoms with Crippen LogP contribution in [0.3, 0.4) is 0 Å². The molecule has 0 spiro atoms. The smallest absolute Gasteiger partial charge is 0.205 e. The van der Waals surface area contributed by atoms with E-state index in [1.807, 2.05) is 55.4 Å². The molecule has 0 fully saturated rings. The second-order valence-electron chi connectivity index (χ2n) is 6.66. The zero-order chi connectivity index (χ0) is 19.8. The van der Waals surface area contributed by atoms with Gasteiger partial charge in [-0.1, -0.05) is 22.8 Å². The SMILES string of the molecule is CN(C)c1ccc2c(c1)OC(N)=C(C#N)C2c1cc(-c2ccc(Cl)cc2)on1. The van der Waals surface area contributed by atoms with Crippen molar-refractivity contribution in [1.82, 2.24) is 5.16 Å². The Kier molecular flexibility index (Phi) is 4.46. The van der Waals surface area contributed by atoms with Crippen molar-refractivity contribution < 1.29 is 9.26 Å². The first-order chi connectivity index (χ1) is 13.5. The average molecular weight is 393 g/mol. The first-order valence-electron chi connectivity index (χ1n) is 8.59. The largest absolute Gasteiger partial charge is 0.440 e. The molecule has 0 radical (unpaired) electrons. The normalized spacial score (nSPS) is 15.6. The number of anilines is 1. The highest BCUT2D eigenvalue weighted by molar-refractivity contribution is 6.30. The number of halogens is 1. The molecule has 7 heteroatoms. The van der Waals surface area contributed by atoms with E-state index < -0.39 is 5.92 Å². The average Bonchev–Trinajstić information content (AvgIpc) is 3.16. The van der Waals surface area contributed by atoms with Gasteiger partial charge in [0.2, 0.25) is 5.88 Å². The Morgan fingerprint density at radius 2 is 1.89 bits per heavy atom. The van der Waals surface area contributed by atoms with Crippen LogP contribution in [0, 0.1) is 11.3 Å². The second-order valence-corrected chi connectivity index (χ2v) is 7.10. The lowest BCUT2D eigenvalue weighted by molar-refractivity contribution is 0.386. The third-order valence-electron chi connectivity index (χ3n) is 4.67. The van der Waals surface area contributed by atoms with Crippen molar-refractivity contribution in [2.24, 2.45) is 5.73 Å². The minimum Gasteiger partial charge on any atom is -0.440 e. The Morgan fingerprint density at radius 1 is 1.14 bits per heavy atom. The van der Waals surface area contributed by atoms with Crippen LogP contribution in [0.2, 0.25) is 5.02 Å². The summed E-state index contributed by atoms with van der Waals surface area (Å²) in [4.78, 5) is 1.97. The Bertz CT molecular complexity index is 1110. The monoisotopic (exact) mass is 392 g/mol. The number of nitrogens with two attached hydrogens (primary N) is 1. The molecule has 0 saturated carbocycles. The first-order valence-corrected chi connectivity index (χ1v) is 8.97. The fourth-order valence-electron chi connectivity index (χ4n) is 3.20. The molecular formula is C21H17ClN4O2. The highest BCUT2D eigenvalue weighted by atomic mass is 35.5. The third-order valence-corrected chi connectivity index (χ3v) is 4.92. The van der Waals surface area contributed by atoms with E-state index in [9.17, 15) is 5.26 Å². The molecule has 0 bridgehead atoms. The summed E-state index contributed by atoms with van der Waals surface area (Å²) in [5.74, 6) is 0.797. The fraction of sp³-hybridized carbons (Fsp3) is 0.143. The molecule has 1 unspecified atom stereocenters. The number of nitriles is 1. The molecule has 0 aliphatic carbocycles. The minimum absolute atomic E-state index is 0.0759. The zero-order valence-corrected chi connectivity index (χ0v) is 16.1. The van der Waals surface area contributed by atoms with E-state index in [4.69, 9.17) is 26.6 Å². The van der Waals surface area contributed by atoms with Gasteiger partial charge in [-0.25, -0.2) is 0 Å². The van der Waals surface area contributed by atoms with Crippen LogP contribution < -0.4 is 15.4 Å². The van der Waals surface area contributed by atoms with Gasteiger partial charge in [0.25, 0.3) is 0 Å². The number of hydrogen-bond acceptors (Lipinski definition) is 6. The molecule has 1 atom stereocenters. The summed E-state index contributed by atoms with van der Waals surface area (Å²) in [6.07, 6.45) is 0. The van der Waals surface area contributed by atoms with Gasteiger partial charge in [-0.05, 0) is 30.3 Å². The summed E-state index contributed by atoms with van der Waals surface area (Å²) in [5, 5.41) is 14.5. The van der Waals surface area contributed by atoms with Crippen molar-refractivity contribution in [3.05, 3.63) is 76.3 Å². The number of hydrogen-bond donors (Lipinski definition) is 1. The standard InChI is InChI=1S/C21H17ClN4O2/c1-26(2)14-7-8-15-19(9-14)27-21(24)16(11-23)20(15)17-10-18(28-25-17)12-3-5-13(22)6-4-12/h3-10,20H,24H2,1-2H3. The van der Waals surface area contributed by atoms with E-state index >= 15 is 0 Å². The Balaban J connectivity index is 1.80. The molecule has 3 aromatic rings. The number of aromatic nitrogens is 1. The molecule has 2 heterocycles. The van der Waals surface area contributed by atoms with Crippen LogP contribution in [0.15, 0.2) is 64.5 Å². The second kappa shape index (κ2) is 6.95. The lowest BCUT2D eigenvalue weighted by Crippen LogP contribution is -2.21. The lowest BCUT2D eigenvalue weighted by atomic mass is 9.86. The summed E-state index contributed by atoms with van der Waals surface area (Å²) in [7, 11) is 3.88. The molecule has 6 nitrogen and oxygen atoms in total. The fourth-order valence-corrected chi connectivity index (χ4v) is 3.33. The van der Waals surface area contributed by atoms with E-state index in [1.54, 1.807) is 12.1 Å². The number of nitrogens with zero attached hydrogens (tertiary/aromatic N) is 3. The van der Waals surface area contributed by atoms with Crippen LogP contribution in [0.4, 0.5) is 5.69 Å². The van der Waals surface area contributed by atoms with Gasteiger partial charge in [0, 0.05) is 48.1 Å². The molecule has 1 aliphatic heterocycles. The molecule has 1 aliphatic rings. The quantitative estimate of drug-likeness (QED) is 0.715. The molecule has 2 N–H and O–H groups in total. The van der Waals surface area contributed by atoms with Crippen LogP contribution in [0.1, 0.15) is 17.2 Å². The topological polar surface area (TPSA) is 88.3 Å². The Labute approximate surface area is 167 Å². The highest BCUT2D eigenvalue weighted by Gasteiger charge is 2.33. The van der Waals surface area contributed by atoms with E-state index in [2.05, 4.69) is 11.2 Å². The van der Waals surface area contributed by atoms with Crippen molar-refractivity contribution in [3.63, 3.8) is 0 Å². The van der Waals surface area contributed by atoms with Gasteiger partial charge < -0.3 is 19.9 Å². The van der Waals surface area contributed by atoms with Gasteiger partial charge in [0.05, 0.1) is 11.6 Å². The van der Waals surface area contributed by atoms with Gasteiger partial charge >= 0.3 is 0 Å². The highest BCUT2D eigenvalue weighted by Crippen LogP contribution is 2.43. The van der Waals surface area contributed by atoms with E-state index in [0.29, 0.717) is 27.8 Å². The summed E-state index contributed by atoms with van der Waals surface area (Å²) in [6.45, 7) is 0. The van der Waals surface area contributed by atoms with E-state index in [-0.39, 0.29) is 5.88 Å². The Morgan fingerprint density at radius 3 is 2.57 bits per heavy atom. The van der Waals surface area contributed by atoms with Gasteiger partial charge in [0.1, 0.15) is 17.4 Å². The van der Waals surface area contributed by atoms with Crippen molar-refractivity contribution in [2.75, 3.05) is 19.0 Å². The van der Waals surface area contributed by atoms with Crippen LogP contribution in [-0.2, 0) is 0 Å². The maximum absolute atomic E-state index is 9.67. The number of rotatable bonds is 3.